The van der Waals surface area contributed by atoms with E-state index >= 15 is 0 Å². The molecule has 74 heavy (non-hydrogen) atoms. The minimum absolute atomic E-state index is 0.125. The number of halogens is 2. The van der Waals surface area contributed by atoms with Crippen molar-refractivity contribution in [3.8, 4) is 0 Å². The normalized spacial score (nSPS) is 20.5. The molecule has 2 aliphatic heterocycles. The molecule has 0 saturated carbocycles. The number of hydrogen-bond donors (Lipinski definition) is 4. The fourth-order valence-electron chi connectivity index (χ4n) is 10.1. The number of aliphatic hydroxyl groups is 2. The third kappa shape index (κ3) is 13.6. The van der Waals surface area contributed by atoms with E-state index in [0.717, 1.165) is 29.7 Å². The van der Waals surface area contributed by atoms with Gasteiger partial charge in [-0.2, -0.15) is 0 Å². The fourth-order valence-corrected chi connectivity index (χ4v) is 12.3. The SMILES string of the molecule is CCCCC1(CC)CS(=O)(=O)c2ccc(N(C)C)cc2C(c2cccc(NC(=O)COCCOCCOCC(=O)NCc3ccc(C4C(CCC(O)c5ccc(F)cc5)C(=O)N4c4ccc(F)cc4)cc3)c2)C1O. The van der Waals surface area contributed by atoms with Crippen LogP contribution in [0.15, 0.2) is 120 Å². The number of sulfone groups is 1. The number of aliphatic hydroxyl groups excluding tert-OH is 2. The van der Waals surface area contributed by atoms with Crippen LogP contribution in [0.25, 0.3) is 0 Å². The van der Waals surface area contributed by atoms with Gasteiger partial charge in [0, 0.05) is 49.0 Å². The summed E-state index contributed by atoms with van der Waals surface area (Å²) in [7, 11) is 0.0126. The van der Waals surface area contributed by atoms with Crippen LogP contribution in [0.4, 0.5) is 25.8 Å². The molecule has 3 amide bonds. The smallest absolute Gasteiger partial charge is 0.250 e. The van der Waals surface area contributed by atoms with Gasteiger partial charge in [0.15, 0.2) is 9.84 Å². The molecule has 14 nitrogen and oxygen atoms in total. The van der Waals surface area contributed by atoms with Crippen LogP contribution < -0.4 is 20.4 Å². The van der Waals surface area contributed by atoms with Gasteiger partial charge in [0.2, 0.25) is 17.7 Å². The Labute approximate surface area is 432 Å². The van der Waals surface area contributed by atoms with Crippen molar-refractivity contribution in [3.63, 3.8) is 0 Å². The Morgan fingerprint density at radius 2 is 1.47 bits per heavy atom. The van der Waals surface area contributed by atoms with E-state index in [1.54, 1.807) is 47.4 Å². The number of carbonyl (C=O) groups is 3. The van der Waals surface area contributed by atoms with Crippen molar-refractivity contribution in [2.75, 3.05) is 74.6 Å². The first-order chi connectivity index (χ1) is 35.5. The van der Waals surface area contributed by atoms with E-state index in [-0.39, 0.29) is 81.1 Å². The Bertz CT molecular complexity index is 2800. The number of nitrogens with zero attached hydrogens (tertiary/aromatic N) is 2. The second-order valence-corrected chi connectivity index (χ2v) is 21.4. The third-order valence-corrected chi connectivity index (χ3v) is 16.2. The molecule has 6 unspecified atom stereocenters. The van der Waals surface area contributed by atoms with E-state index in [0.29, 0.717) is 47.3 Å². The number of hydrogen-bond acceptors (Lipinski definition) is 11. The van der Waals surface area contributed by atoms with Crippen LogP contribution in [-0.4, -0.2) is 102 Å². The molecule has 5 aromatic carbocycles. The second-order valence-electron chi connectivity index (χ2n) is 19.4. The maximum atomic E-state index is 14.0. The molecule has 1 saturated heterocycles. The first kappa shape index (κ1) is 55.7. The van der Waals surface area contributed by atoms with Gasteiger partial charge in [-0.3, -0.25) is 14.4 Å². The van der Waals surface area contributed by atoms with Gasteiger partial charge in [0.25, 0.3) is 0 Å². The van der Waals surface area contributed by atoms with Gasteiger partial charge in [-0.1, -0.05) is 75.2 Å². The summed E-state index contributed by atoms with van der Waals surface area (Å²) in [6.45, 7) is 4.42. The summed E-state index contributed by atoms with van der Waals surface area (Å²) in [6.07, 6.45) is 1.44. The molecule has 0 bridgehead atoms. The standard InChI is InChI=1S/C57H68F2N4O10S/c1-5-7-27-57(6-2)37-74(69,70)50-26-23-46(62(3)4)33-48(50)53(55(57)67)41-9-8-10-44(32-41)61-52(66)36-73-31-29-71-28-30-72-35-51(65)60-34-38-11-13-40(14-12-38)54-47(24-25-49(64)39-15-17-42(58)18-16-39)56(68)63(54)45-21-19-43(59)20-22-45/h8-23,26,32-33,47,49,53-55,64,67H,5-7,24-25,27-31,34-37H2,1-4H3,(H,60,65)(H,61,66). The highest BCUT2D eigenvalue weighted by atomic mass is 32.2. The lowest BCUT2D eigenvalue weighted by atomic mass is 9.69. The number of rotatable bonds is 25. The van der Waals surface area contributed by atoms with Crippen molar-refractivity contribution in [3.05, 3.63) is 155 Å². The molecule has 7 rings (SSSR count). The molecule has 5 aromatic rings. The van der Waals surface area contributed by atoms with E-state index in [9.17, 15) is 41.8 Å². The number of anilines is 3. The van der Waals surface area contributed by atoms with Crippen LogP contribution in [0, 0.1) is 23.0 Å². The lowest BCUT2D eigenvalue weighted by Crippen LogP contribution is -2.55. The third-order valence-electron chi connectivity index (χ3n) is 14.2. The van der Waals surface area contributed by atoms with Gasteiger partial charge in [-0.25, -0.2) is 17.2 Å². The summed E-state index contributed by atoms with van der Waals surface area (Å²) in [4.78, 5) is 42.8. The highest BCUT2D eigenvalue weighted by Gasteiger charge is 2.50. The molecule has 0 aliphatic carbocycles. The lowest BCUT2D eigenvalue weighted by Gasteiger charge is -2.48. The van der Waals surface area contributed by atoms with Gasteiger partial charge in [0.1, 0.15) is 24.8 Å². The van der Waals surface area contributed by atoms with E-state index < -0.39 is 56.8 Å². The summed E-state index contributed by atoms with van der Waals surface area (Å²) in [5.74, 6) is -2.98. The van der Waals surface area contributed by atoms with Gasteiger partial charge >= 0.3 is 0 Å². The van der Waals surface area contributed by atoms with Crippen molar-refractivity contribution < 1.29 is 56.0 Å². The fraction of sp³-hybridized carbons (Fsp3) is 0.421. The number of benzene rings is 5. The van der Waals surface area contributed by atoms with Crippen LogP contribution in [0.5, 0.6) is 0 Å². The van der Waals surface area contributed by atoms with Gasteiger partial charge in [0.05, 0.1) is 61.2 Å². The molecular formula is C57H68F2N4O10S. The average molecular weight is 1040 g/mol. The Morgan fingerprint density at radius 3 is 2.12 bits per heavy atom. The van der Waals surface area contributed by atoms with Gasteiger partial charge in [-0.15, -0.1) is 0 Å². The Kier molecular flexibility index (Phi) is 19.1. The predicted molar refractivity (Wildman–Crippen MR) is 279 cm³/mol. The molecule has 1 fully saturated rings. The molecule has 6 atom stereocenters. The summed E-state index contributed by atoms with van der Waals surface area (Å²) >= 11 is 0. The van der Waals surface area contributed by atoms with Crippen molar-refractivity contribution >= 4 is 44.6 Å². The summed E-state index contributed by atoms with van der Waals surface area (Å²) in [5.41, 5.74) is 4.40. The number of amides is 3. The van der Waals surface area contributed by atoms with E-state index in [1.807, 2.05) is 62.3 Å². The zero-order chi connectivity index (χ0) is 53.0. The monoisotopic (exact) mass is 1040 g/mol. The van der Waals surface area contributed by atoms with E-state index in [1.165, 1.54) is 36.4 Å². The molecule has 2 aliphatic rings. The van der Waals surface area contributed by atoms with Crippen molar-refractivity contribution in [2.45, 2.75) is 88.0 Å². The highest BCUT2D eigenvalue weighted by molar-refractivity contribution is 7.91. The Morgan fingerprint density at radius 1 is 0.824 bits per heavy atom. The molecular weight excluding hydrogens is 971 g/mol. The largest absolute Gasteiger partial charge is 0.392 e. The number of carbonyl (C=O) groups excluding carboxylic acids is 3. The number of β-lactam (4-membered cyclic amide) rings is 1. The zero-order valence-corrected chi connectivity index (χ0v) is 43.3. The van der Waals surface area contributed by atoms with Crippen LogP contribution in [-0.2, 0) is 45.0 Å². The highest BCUT2D eigenvalue weighted by Crippen LogP contribution is 2.50. The summed E-state index contributed by atoms with van der Waals surface area (Å²) in [5, 5.41) is 28.8. The van der Waals surface area contributed by atoms with E-state index in [2.05, 4.69) is 17.6 Å². The van der Waals surface area contributed by atoms with Crippen molar-refractivity contribution in [2.24, 2.45) is 11.3 Å². The number of nitrogens with one attached hydrogen (secondary N) is 2. The average Bonchev–Trinajstić information content (AvgIpc) is 3.45. The van der Waals surface area contributed by atoms with Gasteiger partial charge in [-0.05, 0) is 120 Å². The predicted octanol–water partition coefficient (Wildman–Crippen LogP) is 8.42. The molecule has 0 spiro atoms. The number of unbranched alkanes of at least 4 members (excludes halogenated alkanes) is 1. The van der Waals surface area contributed by atoms with Crippen molar-refractivity contribution in [1.82, 2.24) is 5.32 Å². The lowest BCUT2D eigenvalue weighted by molar-refractivity contribution is -0.131. The number of ether oxygens (including phenoxy) is 3. The minimum atomic E-state index is -3.75. The summed E-state index contributed by atoms with van der Waals surface area (Å²) < 4.78 is 71.9. The van der Waals surface area contributed by atoms with E-state index in [4.69, 9.17) is 14.2 Å². The molecule has 0 radical (unpaired) electrons. The van der Waals surface area contributed by atoms with Gasteiger partial charge < -0.3 is 44.9 Å². The Balaban J connectivity index is 0.827. The molecule has 396 valence electrons. The number of fused-ring (bicyclic) bond motifs is 1. The summed E-state index contributed by atoms with van der Waals surface area (Å²) in [6, 6.07) is 30.9. The Hall–Kier alpha value is -6.08. The topological polar surface area (TPSA) is 184 Å². The molecule has 4 N–H and O–H groups in total. The molecule has 17 heteroatoms. The van der Waals surface area contributed by atoms with Crippen LogP contribution in [0.1, 0.15) is 98.3 Å². The second kappa shape index (κ2) is 25.4. The first-order valence-electron chi connectivity index (χ1n) is 25.3. The maximum absolute atomic E-state index is 14.0. The minimum Gasteiger partial charge on any atom is -0.392 e. The zero-order valence-electron chi connectivity index (χ0n) is 42.5. The van der Waals surface area contributed by atoms with Crippen LogP contribution in [0.2, 0.25) is 0 Å². The van der Waals surface area contributed by atoms with Crippen LogP contribution in [0.3, 0.4) is 0 Å². The first-order valence-corrected chi connectivity index (χ1v) is 26.9. The maximum Gasteiger partial charge on any atom is 0.250 e. The molecule has 2 heterocycles. The quantitative estimate of drug-likeness (QED) is 0.0325. The van der Waals surface area contributed by atoms with Crippen LogP contribution >= 0.6 is 0 Å². The molecule has 0 aromatic heterocycles. The van der Waals surface area contributed by atoms with Crippen molar-refractivity contribution in [1.29, 1.82) is 0 Å².